The highest BCUT2D eigenvalue weighted by molar-refractivity contribution is 5.88. The highest BCUT2D eigenvalue weighted by atomic mass is 14.9. The van der Waals surface area contributed by atoms with Crippen LogP contribution in [0.3, 0.4) is 0 Å². The first-order valence-corrected chi connectivity index (χ1v) is 5.17. The zero-order valence-corrected chi connectivity index (χ0v) is 9.70. The van der Waals surface area contributed by atoms with Crippen molar-refractivity contribution in [2.75, 3.05) is 5.73 Å². The average molecular weight is 203 g/mol. The van der Waals surface area contributed by atoms with Gasteiger partial charge >= 0.3 is 0 Å². The molecule has 0 aliphatic carbocycles. The molecule has 2 N–H and O–H groups in total. The van der Waals surface area contributed by atoms with E-state index in [2.05, 4.69) is 9.97 Å². The van der Waals surface area contributed by atoms with Gasteiger partial charge in [0.15, 0.2) is 0 Å². The van der Waals surface area contributed by atoms with Gasteiger partial charge in [-0.2, -0.15) is 0 Å². The number of benzene rings is 1. The van der Waals surface area contributed by atoms with Crippen LogP contribution in [-0.2, 0) is 0 Å². The summed E-state index contributed by atoms with van der Waals surface area (Å²) in [6.07, 6.45) is 0. The van der Waals surface area contributed by atoms with Crippen LogP contribution in [0, 0.1) is 13.8 Å². The van der Waals surface area contributed by atoms with Crippen molar-refractivity contribution in [2.24, 2.45) is 0 Å². The van der Waals surface area contributed by atoms with E-state index in [4.69, 9.17) is 5.73 Å². The van der Waals surface area contributed by atoms with E-state index < -0.39 is 0 Å². The summed E-state index contributed by atoms with van der Waals surface area (Å²) in [4.78, 5) is 8.40. The number of fused-ring (bicyclic) bond motifs is 1. The van der Waals surface area contributed by atoms with E-state index in [0.29, 0.717) is 11.6 Å². The summed E-state index contributed by atoms with van der Waals surface area (Å²) in [5, 5.41) is 0.936. The number of aromatic nitrogens is 2. The van der Waals surface area contributed by atoms with Crippen LogP contribution in [0.1, 0.15) is 25.2 Å². The molecule has 80 valence electrons. The van der Waals surface area contributed by atoms with Crippen molar-refractivity contribution in [2.45, 2.75) is 27.7 Å². The van der Waals surface area contributed by atoms with Crippen molar-refractivity contribution in [3.63, 3.8) is 0 Å². The molecule has 3 heteroatoms. The molecule has 0 bridgehead atoms. The summed E-state index contributed by atoms with van der Waals surface area (Å²) in [5.41, 5.74) is 7.86. The van der Waals surface area contributed by atoms with Gasteiger partial charge in [-0.25, -0.2) is 9.97 Å². The van der Waals surface area contributed by atoms with Crippen LogP contribution in [0.15, 0.2) is 18.2 Å². The third kappa shape index (κ3) is 2.43. The summed E-state index contributed by atoms with van der Waals surface area (Å²) in [6, 6.07) is 5.99. The predicted molar refractivity (Wildman–Crippen MR) is 64.8 cm³/mol. The number of nitrogens with zero attached hydrogens (tertiary/aromatic N) is 2. The van der Waals surface area contributed by atoms with Gasteiger partial charge in [-0.05, 0) is 26.0 Å². The normalized spacial score (nSPS) is 9.60. The lowest BCUT2D eigenvalue weighted by Gasteiger charge is -2.02. The Balaban J connectivity index is 0.000000531. The molecule has 1 aromatic heterocycles. The van der Waals surface area contributed by atoms with Crippen LogP contribution in [0.4, 0.5) is 5.82 Å². The third-order valence-electron chi connectivity index (χ3n) is 1.99. The van der Waals surface area contributed by atoms with E-state index in [9.17, 15) is 0 Å². The maximum atomic E-state index is 5.77. The summed E-state index contributed by atoms with van der Waals surface area (Å²) < 4.78 is 0. The van der Waals surface area contributed by atoms with E-state index in [1.165, 1.54) is 5.56 Å². The van der Waals surface area contributed by atoms with E-state index in [0.717, 1.165) is 10.9 Å². The van der Waals surface area contributed by atoms with Crippen LogP contribution in [0.5, 0.6) is 0 Å². The van der Waals surface area contributed by atoms with Crippen LogP contribution in [-0.4, -0.2) is 9.97 Å². The van der Waals surface area contributed by atoms with Crippen molar-refractivity contribution in [3.05, 3.63) is 29.6 Å². The number of rotatable bonds is 0. The van der Waals surface area contributed by atoms with Crippen molar-refractivity contribution in [3.8, 4) is 0 Å². The summed E-state index contributed by atoms with van der Waals surface area (Å²) in [7, 11) is 0. The lowest BCUT2D eigenvalue weighted by Crippen LogP contribution is -1.97. The molecule has 0 saturated heterocycles. The summed E-state index contributed by atoms with van der Waals surface area (Å²) in [6.45, 7) is 7.87. The zero-order chi connectivity index (χ0) is 11.4. The first kappa shape index (κ1) is 11.4. The first-order valence-electron chi connectivity index (χ1n) is 5.17. The standard InChI is InChI=1S/C10H11N3.C2H6/c1-6-3-4-9-8(5-6)10(11)13-7(2)12-9;1-2/h3-5H,1-2H3,(H2,11,12,13);1-2H3. The van der Waals surface area contributed by atoms with Crippen LogP contribution in [0.2, 0.25) is 0 Å². The average Bonchev–Trinajstić information content (AvgIpc) is 2.22. The molecule has 3 nitrogen and oxygen atoms in total. The molecular weight excluding hydrogens is 186 g/mol. The molecule has 1 aromatic carbocycles. The quantitative estimate of drug-likeness (QED) is 0.716. The fourth-order valence-electron chi connectivity index (χ4n) is 1.39. The Labute approximate surface area is 90.4 Å². The second-order valence-corrected chi connectivity index (χ2v) is 3.18. The van der Waals surface area contributed by atoms with Crippen molar-refractivity contribution in [1.29, 1.82) is 0 Å². The van der Waals surface area contributed by atoms with E-state index in [1.807, 2.05) is 45.9 Å². The Morgan fingerprint density at radius 2 is 1.73 bits per heavy atom. The SMILES string of the molecule is CC.Cc1ccc2nc(C)nc(N)c2c1. The van der Waals surface area contributed by atoms with Gasteiger partial charge in [-0.3, -0.25) is 0 Å². The number of nitrogens with two attached hydrogens (primary N) is 1. The minimum atomic E-state index is 0.561. The summed E-state index contributed by atoms with van der Waals surface area (Å²) >= 11 is 0. The lowest BCUT2D eigenvalue weighted by molar-refractivity contribution is 1.10. The number of nitrogen functional groups attached to an aromatic ring is 1. The van der Waals surface area contributed by atoms with Gasteiger partial charge in [-0.15, -0.1) is 0 Å². The Hall–Kier alpha value is -1.64. The Kier molecular flexibility index (Phi) is 3.61. The molecule has 15 heavy (non-hydrogen) atoms. The number of anilines is 1. The summed E-state index contributed by atoms with van der Waals surface area (Å²) in [5.74, 6) is 1.28. The largest absolute Gasteiger partial charge is 0.383 e. The Morgan fingerprint density at radius 3 is 2.40 bits per heavy atom. The number of hydrogen-bond donors (Lipinski definition) is 1. The molecule has 0 fully saturated rings. The fourth-order valence-corrected chi connectivity index (χ4v) is 1.39. The molecule has 0 aliphatic rings. The van der Waals surface area contributed by atoms with Crippen molar-refractivity contribution >= 4 is 16.7 Å². The van der Waals surface area contributed by atoms with E-state index in [-0.39, 0.29) is 0 Å². The lowest BCUT2D eigenvalue weighted by atomic mass is 10.1. The fraction of sp³-hybridized carbons (Fsp3) is 0.333. The maximum Gasteiger partial charge on any atom is 0.135 e. The van der Waals surface area contributed by atoms with E-state index >= 15 is 0 Å². The number of aryl methyl sites for hydroxylation is 2. The Bertz CT molecular complexity index is 464. The smallest absolute Gasteiger partial charge is 0.135 e. The predicted octanol–water partition coefficient (Wildman–Crippen LogP) is 2.86. The molecule has 2 rings (SSSR count). The minimum Gasteiger partial charge on any atom is -0.383 e. The topological polar surface area (TPSA) is 51.8 Å². The Morgan fingerprint density at radius 1 is 1.07 bits per heavy atom. The zero-order valence-electron chi connectivity index (χ0n) is 9.70. The molecule has 0 spiro atoms. The second-order valence-electron chi connectivity index (χ2n) is 3.18. The van der Waals surface area contributed by atoms with Gasteiger partial charge < -0.3 is 5.73 Å². The number of hydrogen-bond acceptors (Lipinski definition) is 3. The highest BCUT2D eigenvalue weighted by Crippen LogP contribution is 2.18. The van der Waals surface area contributed by atoms with Gasteiger partial charge in [0.05, 0.1) is 5.52 Å². The van der Waals surface area contributed by atoms with Crippen LogP contribution >= 0.6 is 0 Å². The molecule has 2 aromatic rings. The molecular formula is C12H17N3. The highest BCUT2D eigenvalue weighted by Gasteiger charge is 2.01. The molecule has 0 unspecified atom stereocenters. The molecule has 0 amide bonds. The van der Waals surface area contributed by atoms with Gasteiger partial charge in [0.1, 0.15) is 11.6 Å². The van der Waals surface area contributed by atoms with Gasteiger partial charge in [0.25, 0.3) is 0 Å². The molecule has 0 aliphatic heterocycles. The second kappa shape index (κ2) is 4.73. The van der Waals surface area contributed by atoms with Crippen LogP contribution < -0.4 is 5.73 Å². The third-order valence-corrected chi connectivity index (χ3v) is 1.99. The van der Waals surface area contributed by atoms with E-state index in [1.54, 1.807) is 0 Å². The van der Waals surface area contributed by atoms with Gasteiger partial charge in [0, 0.05) is 5.39 Å². The molecule has 0 atom stereocenters. The maximum absolute atomic E-state index is 5.77. The molecule has 0 saturated carbocycles. The first-order chi connectivity index (χ1) is 7.16. The van der Waals surface area contributed by atoms with Crippen molar-refractivity contribution in [1.82, 2.24) is 9.97 Å². The monoisotopic (exact) mass is 203 g/mol. The van der Waals surface area contributed by atoms with Crippen molar-refractivity contribution < 1.29 is 0 Å². The minimum absolute atomic E-state index is 0.561. The van der Waals surface area contributed by atoms with Crippen LogP contribution in [0.25, 0.3) is 10.9 Å². The van der Waals surface area contributed by atoms with Gasteiger partial charge in [0.2, 0.25) is 0 Å². The van der Waals surface area contributed by atoms with Gasteiger partial charge in [-0.1, -0.05) is 25.5 Å². The molecule has 0 radical (unpaired) electrons. The molecule has 1 heterocycles.